The number of aliphatic carboxylic acids is 1. The van der Waals surface area contributed by atoms with E-state index < -0.39 is 18.5 Å². The lowest BCUT2D eigenvalue weighted by molar-refractivity contribution is -0.139. The van der Waals surface area contributed by atoms with E-state index in [0.717, 1.165) is 12.0 Å². The zero-order chi connectivity index (χ0) is 36.2. The largest absolute Gasteiger partial charge is 0.481 e. The predicted molar refractivity (Wildman–Crippen MR) is 194 cm³/mol. The first-order valence-corrected chi connectivity index (χ1v) is 17.1. The number of halogens is 2. The molecule has 51 heavy (non-hydrogen) atoms. The molecule has 1 aliphatic rings. The third-order valence-corrected chi connectivity index (χ3v) is 9.62. The van der Waals surface area contributed by atoms with Gasteiger partial charge in [-0.25, -0.2) is 9.50 Å². The number of hydrogen-bond acceptors (Lipinski definition) is 9. The number of amides is 1. The van der Waals surface area contributed by atoms with Crippen LogP contribution in [0.4, 0.5) is 0 Å². The number of aromatic nitrogens is 4. The first-order chi connectivity index (χ1) is 24.5. The van der Waals surface area contributed by atoms with Crippen LogP contribution in [0.2, 0.25) is 10.0 Å². The number of aliphatic hydroxyl groups is 1. The van der Waals surface area contributed by atoms with Crippen LogP contribution < -0.4 is 26.2 Å². The fraction of sp³-hybridized carbons (Fsp3) is 0.306. The first kappa shape index (κ1) is 36.0. The van der Waals surface area contributed by atoms with E-state index in [2.05, 4.69) is 21.0 Å². The van der Waals surface area contributed by atoms with Gasteiger partial charge >= 0.3 is 5.97 Å². The van der Waals surface area contributed by atoms with Crippen LogP contribution in [0.5, 0.6) is 5.88 Å². The average molecular weight is 735 g/mol. The second-order valence-corrected chi connectivity index (χ2v) is 13.1. The van der Waals surface area contributed by atoms with Gasteiger partial charge in [-0.05, 0) is 18.6 Å². The molecule has 0 unspecified atom stereocenters. The van der Waals surface area contributed by atoms with Crippen molar-refractivity contribution in [3.63, 3.8) is 0 Å². The number of carboxylic acid groups (broad SMARTS) is 1. The molecule has 0 saturated carbocycles. The topological polar surface area (TPSA) is 172 Å². The minimum atomic E-state index is -1.10. The van der Waals surface area contributed by atoms with Crippen molar-refractivity contribution in [3.05, 3.63) is 92.6 Å². The Morgan fingerprint density at radius 1 is 1.04 bits per heavy atom. The van der Waals surface area contributed by atoms with Crippen LogP contribution in [-0.2, 0) is 29.7 Å². The molecule has 6 rings (SSSR count). The van der Waals surface area contributed by atoms with Gasteiger partial charge in [-0.2, -0.15) is 5.10 Å². The Bertz CT molecular complexity index is 2170. The molecule has 5 aromatic rings. The summed E-state index contributed by atoms with van der Waals surface area (Å²) < 4.78 is 8.52. The number of carbonyl (C=O) groups is 2. The Hall–Kier alpha value is -4.79. The molecule has 0 bridgehead atoms. The van der Waals surface area contributed by atoms with Gasteiger partial charge in [0, 0.05) is 78.7 Å². The fourth-order valence-electron chi connectivity index (χ4n) is 6.14. The molecule has 2 aromatic carbocycles. The van der Waals surface area contributed by atoms with Crippen LogP contribution in [0, 0.1) is 0 Å². The summed E-state index contributed by atoms with van der Waals surface area (Å²) in [6.07, 6.45) is 1.62. The van der Waals surface area contributed by atoms with Crippen molar-refractivity contribution >= 4 is 40.6 Å². The number of pyridine rings is 1. The molecular formula is C36H37Cl2N7O6. The van der Waals surface area contributed by atoms with E-state index in [1.807, 2.05) is 48.5 Å². The molecule has 1 fully saturated rings. The average Bonchev–Trinajstić information content (AvgIpc) is 3.73. The third kappa shape index (κ3) is 7.92. The Morgan fingerprint density at radius 3 is 2.43 bits per heavy atom. The van der Waals surface area contributed by atoms with Gasteiger partial charge in [0.15, 0.2) is 0 Å². The zero-order valence-electron chi connectivity index (χ0n) is 28.0. The summed E-state index contributed by atoms with van der Waals surface area (Å²) in [6, 6.07) is 16.9. The van der Waals surface area contributed by atoms with Crippen LogP contribution in [0.1, 0.15) is 30.7 Å². The monoisotopic (exact) mass is 733 g/mol. The lowest BCUT2D eigenvalue weighted by Crippen LogP contribution is -2.35. The summed E-state index contributed by atoms with van der Waals surface area (Å²) in [6.45, 7) is 1.34. The van der Waals surface area contributed by atoms with Gasteiger partial charge in [0.2, 0.25) is 11.8 Å². The number of carbonyl (C=O) groups excluding carboxylic acids is 1. The van der Waals surface area contributed by atoms with Gasteiger partial charge in [0.25, 0.3) is 5.56 Å². The van der Waals surface area contributed by atoms with E-state index in [0.29, 0.717) is 80.3 Å². The van der Waals surface area contributed by atoms with Crippen molar-refractivity contribution in [2.45, 2.75) is 44.5 Å². The molecule has 1 saturated heterocycles. The normalized spacial score (nSPS) is 14.9. The molecule has 2 atom stereocenters. The number of rotatable bonds is 14. The Balaban J connectivity index is 1.25. The highest BCUT2D eigenvalue weighted by atomic mass is 35.5. The molecule has 1 amide bonds. The molecule has 3 aromatic heterocycles. The molecule has 1 aliphatic heterocycles. The quantitative estimate of drug-likeness (QED) is 0.112. The minimum absolute atomic E-state index is 0.0268. The molecule has 0 aliphatic carbocycles. The summed E-state index contributed by atoms with van der Waals surface area (Å²) in [4.78, 5) is 40.4. The molecule has 266 valence electrons. The number of methoxy groups -OCH3 is 1. The second kappa shape index (κ2) is 15.6. The van der Waals surface area contributed by atoms with Gasteiger partial charge < -0.3 is 30.9 Å². The number of aliphatic hydroxyl groups excluding tert-OH is 1. The van der Waals surface area contributed by atoms with Crippen molar-refractivity contribution in [3.8, 4) is 39.4 Å². The maximum absolute atomic E-state index is 13.3. The number of nitrogens with zero attached hydrogens (tertiary/aromatic N) is 4. The van der Waals surface area contributed by atoms with Crippen LogP contribution in [0.15, 0.2) is 65.6 Å². The summed E-state index contributed by atoms with van der Waals surface area (Å²) in [5.41, 5.74) is 4.98. The number of ether oxygens (including phenoxy) is 1. The van der Waals surface area contributed by atoms with Gasteiger partial charge in [0.05, 0.1) is 41.9 Å². The predicted octanol–water partition coefficient (Wildman–Crippen LogP) is 4.04. The highest BCUT2D eigenvalue weighted by molar-refractivity contribution is 6.39. The van der Waals surface area contributed by atoms with Crippen LogP contribution in [0.25, 0.3) is 39.0 Å². The Kier molecular flexibility index (Phi) is 11.0. The molecular weight excluding hydrogens is 697 g/mol. The van der Waals surface area contributed by atoms with Gasteiger partial charge in [-0.1, -0.05) is 65.7 Å². The molecule has 13 nitrogen and oxygen atoms in total. The zero-order valence-corrected chi connectivity index (χ0v) is 29.5. The van der Waals surface area contributed by atoms with Crippen molar-refractivity contribution in [2.24, 2.45) is 7.05 Å². The molecule has 0 radical (unpaired) electrons. The number of hydrogen-bond donors (Lipinski definition) is 5. The summed E-state index contributed by atoms with van der Waals surface area (Å²) in [7, 11) is 3.17. The van der Waals surface area contributed by atoms with Gasteiger partial charge in [-0.3, -0.25) is 19.0 Å². The van der Waals surface area contributed by atoms with Crippen LogP contribution in [0.3, 0.4) is 0 Å². The number of benzene rings is 2. The summed E-state index contributed by atoms with van der Waals surface area (Å²) in [5, 5.41) is 33.5. The SMILES string of the molecule is COc1nc(-c2cccc(-c3cccc(-c4cc5c(=O)n(C)c(CNC[C@@H](O)CC(=O)O)nn5c4)c3Cl)c2Cl)ccc1CNC[C@H]1CCC(=O)N1. The summed E-state index contributed by atoms with van der Waals surface area (Å²) in [5.74, 6) is -0.160. The maximum atomic E-state index is 13.3. The van der Waals surface area contributed by atoms with Crippen LogP contribution >= 0.6 is 23.2 Å². The van der Waals surface area contributed by atoms with E-state index in [-0.39, 0.29) is 30.6 Å². The second-order valence-electron chi connectivity index (χ2n) is 12.4. The fourth-order valence-corrected chi connectivity index (χ4v) is 6.80. The third-order valence-electron chi connectivity index (χ3n) is 8.81. The van der Waals surface area contributed by atoms with Crippen LogP contribution in [-0.4, -0.2) is 73.6 Å². The smallest absolute Gasteiger partial charge is 0.306 e. The molecule has 15 heteroatoms. The maximum Gasteiger partial charge on any atom is 0.306 e. The van der Waals surface area contributed by atoms with Crippen molar-refractivity contribution in [1.82, 2.24) is 35.1 Å². The summed E-state index contributed by atoms with van der Waals surface area (Å²) >= 11 is 14.1. The Labute approximate surface area is 303 Å². The number of nitrogens with one attached hydrogen (secondary N) is 3. The van der Waals surface area contributed by atoms with Crippen molar-refractivity contribution in [2.75, 3.05) is 20.2 Å². The molecule has 5 N–H and O–H groups in total. The lowest BCUT2D eigenvalue weighted by Gasteiger charge is -2.15. The highest BCUT2D eigenvalue weighted by Crippen LogP contribution is 2.42. The molecule has 4 heterocycles. The van der Waals surface area contributed by atoms with Gasteiger partial charge in [-0.15, -0.1) is 0 Å². The van der Waals surface area contributed by atoms with E-state index in [4.69, 9.17) is 38.0 Å². The number of fused-ring (bicyclic) bond motifs is 1. The van der Waals surface area contributed by atoms with Gasteiger partial charge in [0.1, 0.15) is 11.3 Å². The first-order valence-electron chi connectivity index (χ1n) is 16.3. The molecule has 0 spiro atoms. The minimum Gasteiger partial charge on any atom is -0.481 e. The van der Waals surface area contributed by atoms with E-state index in [1.54, 1.807) is 26.4 Å². The van der Waals surface area contributed by atoms with E-state index >= 15 is 0 Å². The lowest BCUT2D eigenvalue weighted by atomic mass is 9.97. The van der Waals surface area contributed by atoms with E-state index in [9.17, 15) is 19.5 Å². The van der Waals surface area contributed by atoms with E-state index in [1.165, 1.54) is 9.08 Å². The standard InChI is InChI=1S/C36H37Cl2N7O6/c1-44-30(18-40-17-23(46)14-32(48)49)43-45-19-21(13-29(45)36(44)50)24-5-3-6-25(33(24)37)26-7-4-8-27(34(26)38)28-11-9-20(35(42-28)51-2)15-39-16-22-10-12-31(47)41-22/h3-9,11,13,19,22-23,39-40,46H,10,12,14-18H2,1-2H3,(H,41,47)(H,48,49)/t22-,23+/m1/s1. The highest BCUT2D eigenvalue weighted by Gasteiger charge is 2.21. The number of carboxylic acids is 1. The van der Waals surface area contributed by atoms with Crippen molar-refractivity contribution in [1.29, 1.82) is 0 Å². The Morgan fingerprint density at radius 2 is 1.75 bits per heavy atom. The van der Waals surface area contributed by atoms with Crippen molar-refractivity contribution < 1.29 is 24.5 Å².